The molecule has 1 heterocycles. The van der Waals surface area contributed by atoms with Gasteiger partial charge in [-0.3, -0.25) is 19.3 Å². The Morgan fingerprint density at radius 1 is 1.43 bits per heavy atom. The van der Waals surface area contributed by atoms with Crippen molar-refractivity contribution in [1.29, 1.82) is 0 Å². The maximum absolute atomic E-state index is 12.3. The van der Waals surface area contributed by atoms with Crippen LogP contribution < -0.4 is 0 Å². The number of thioether (sulfide) groups is 1. The Bertz CT molecular complexity index is 674. The van der Waals surface area contributed by atoms with Crippen LogP contribution in [0.25, 0.3) is 6.08 Å². The molecule has 0 radical (unpaired) electrons. The molecule has 23 heavy (non-hydrogen) atoms. The van der Waals surface area contributed by atoms with E-state index in [2.05, 4.69) is 0 Å². The predicted octanol–water partition coefficient (Wildman–Crippen LogP) is 3.72. The van der Waals surface area contributed by atoms with Gasteiger partial charge in [0.25, 0.3) is 11.1 Å². The average molecular weight is 354 g/mol. The normalized spacial score (nSPS) is 17.7. The summed E-state index contributed by atoms with van der Waals surface area (Å²) in [5.41, 5.74) is 0.713. The number of carbonyl (C=O) groups excluding carboxylic acids is 3. The number of benzene rings is 1. The smallest absolute Gasteiger partial charge is 0.326 e. The average Bonchev–Trinajstić information content (AvgIpc) is 2.74. The first-order valence-corrected chi connectivity index (χ1v) is 8.30. The zero-order chi connectivity index (χ0) is 17.0. The summed E-state index contributed by atoms with van der Waals surface area (Å²) in [7, 11) is 0. The lowest BCUT2D eigenvalue weighted by molar-refractivity contribution is -0.150. The summed E-state index contributed by atoms with van der Waals surface area (Å²) in [5.74, 6) is -1.09. The number of rotatable bonds is 5. The number of amides is 2. The van der Waals surface area contributed by atoms with Crippen LogP contribution in [0, 0.1) is 0 Å². The number of carbonyl (C=O) groups is 3. The van der Waals surface area contributed by atoms with Crippen LogP contribution in [0.15, 0.2) is 29.2 Å². The first-order chi connectivity index (χ1) is 10.9. The number of esters is 1. The topological polar surface area (TPSA) is 63.7 Å². The summed E-state index contributed by atoms with van der Waals surface area (Å²) >= 11 is 6.69. The van der Waals surface area contributed by atoms with Gasteiger partial charge in [-0.25, -0.2) is 0 Å². The summed E-state index contributed by atoms with van der Waals surface area (Å²) in [5, 5.41) is 0.0551. The summed E-state index contributed by atoms with van der Waals surface area (Å²) in [4.78, 5) is 37.1. The highest BCUT2D eigenvalue weighted by atomic mass is 35.5. The van der Waals surface area contributed by atoms with Gasteiger partial charge in [-0.15, -0.1) is 0 Å². The van der Waals surface area contributed by atoms with E-state index in [1.54, 1.807) is 37.3 Å². The number of nitrogens with zero attached hydrogens (tertiary/aromatic N) is 1. The third-order valence-corrected chi connectivity index (χ3v) is 4.36. The summed E-state index contributed by atoms with van der Waals surface area (Å²) in [6.45, 7) is 3.26. The number of imide groups is 1. The fraction of sp³-hybridized carbons (Fsp3) is 0.312. The predicted molar refractivity (Wildman–Crippen MR) is 90.0 cm³/mol. The first kappa shape index (κ1) is 17.6. The Hall–Kier alpha value is -1.79. The molecule has 1 aliphatic rings. The van der Waals surface area contributed by atoms with Crippen molar-refractivity contribution in [1.82, 2.24) is 4.90 Å². The molecule has 0 bridgehead atoms. The minimum absolute atomic E-state index is 0.246. The lowest BCUT2D eigenvalue weighted by Crippen LogP contribution is -2.35. The maximum atomic E-state index is 12.3. The summed E-state index contributed by atoms with van der Waals surface area (Å²) < 4.78 is 5.10. The van der Waals surface area contributed by atoms with Gasteiger partial charge in [0.2, 0.25) is 0 Å². The molecule has 0 spiro atoms. The lowest BCUT2D eigenvalue weighted by atomic mass is 10.2. The Labute approximate surface area is 143 Å². The van der Waals surface area contributed by atoms with Gasteiger partial charge in [0, 0.05) is 5.02 Å². The standard InChI is InChI=1S/C16H16ClNO4S/c1-3-10(2)22-14(19)9-18-15(20)13(23-16(18)21)8-11-5-4-6-12(17)7-11/h4-8,10H,3,9H2,1-2H3/b13-8+/t10-/m1/s1. The molecule has 0 aromatic heterocycles. The van der Waals surface area contributed by atoms with Gasteiger partial charge in [-0.1, -0.05) is 30.7 Å². The van der Waals surface area contributed by atoms with Crippen LogP contribution in [0.2, 0.25) is 5.02 Å². The monoisotopic (exact) mass is 353 g/mol. The number of hydrogen-bond acceptors (Lipinski definition) is 5. The van der Waals surface area contributed by atoms with Crippen molar-refractivity contribution in [2.24, 2.45) is 0 Å². The number of halogens is 1. The zero-order valence-corrected chi connectivity index (χ0v) is 14.3. The van der Waals surface area contributed by atoms with E-state index in [0.717, 1.165) is 16.7 Å². The van der Waals surface area contributed by atoms with Crippen LogP contribution in [-0.2, 0) is 14.3 Å². The molecule has 2 rings (SSSR count). The van der Waals surface area contributed by atoms with Crippen LogP contribution in [0.3, 0.4) is 0 Å². The van der Waals surface area contributed by atoms with Gasteiger partial charge in [-0.05, 0) is 48.9 Å². The highest BCUT2D eigenvalue weighted by Crippen LogP contribution is 2.32. The summed E-state index contributed by atoms with van der Waals surface area (Å²) in [6, 6.07) is 6.93. The third-order valence-electron chi connectivity index (χ3n) is 3.21. The Morgan fingerprint density at radius 2 is 2.17 bits per heavy atom. The summed E-state index contributed by atoms with van der Waals surface area (Å²) in [6.07, 6.45) is 2.00. The number of ether oxygens (including phenoxy) is 1. The number of hydrogen-bond donors (Lipinski definition) is 0. The van der Waals surface area contributed by atoms with Gasteiger partial charge in [0.1, 0.15) is 6.54 Å². The Morgan fingerprint density at radius 3 is 2.83 bits per heavy atom. The fourth-order valence-electron chi connectivity index (χ4n) is 1.86. The molecular formula is C16H16ClNO4S. The molecule has 0 unspecified atom stereocenters. The van der Waals surface area contributed by atoms with E-state index in [1.165, 1.54) is 0 Å². The van der Waals surface area contributed by atoms with Crippen LogP contribution in [-0.4, -0.2) is 34.7 Å². The van der Waals surface area contributed by atoms with Crippen molar-refractivity contribution in [2.45, 2.75) is 26.4 Å². The second kappa shape index (κ2) is 7.66. The minimum atomic E-state index is -0.592. The van der Waals surface area contributed by atoms with Crippen molar-refractivity contribution in [2.75, 3.05) is 6.54 Å². The molecule has 1 saturated heterocycles. The van der Waals surface area contributed by atoms with Crippen LogP contribution in [0.1, 0.15) is 25.8 Å². The molecule has 7 heteroatoms. The quantitative estimate of drug-likeness (QED) is 0.596. The maximum Gasteiger partial charge on any atom is 0.326 e. The van der Waals surface area contributed by atoms with E-state index < -0.39 is 17.1 Å². The molecule has 0 aliphatic carbocycles. The van der Waals surface area contributed by atoms with Crippen molar-refractivity contribution < 1.29 is 19.1 Å². The lowest BCUT2D eigenvalue weighted by Gasteiger charge is -2.14. The highest BCUT2D eigenvalue weighted by molar-refractivity contribution is 8.18. The Kier molecular flexibility index (Phi) is 5.85. The molecule has 0 saturated carbocycles. The van der Waals surface area contributed by atoms with E-state index in [-0.39, 0.29) is 17.6 Å². The largest absolute Gasteiger partial charge is 0.461 e. The molecule has 1 aliphatic heterocycles. The third kappa shape index (κ3) is 4.59. The second-order valence-electron chi connectivity index (χ2n) is 5.03. The molecule has 1 aromatic rings. The molecule has 2 amide bonds. The molecule has 1 fully saturated rings. The zero-order valence-electron chi connectivity index (χ0n) is 12.7. The van der Waals surface area contributed by atoms with Crippen molar-refractivity contribution >= 4 is 46.6 Å². The van der Waals surface area contributed by atoms with Gasteiger partial charge in [-0.2, -0.15) is 0 Å². The first-order valence-electron chi connectivity index (χ1n) is 7.11. The van der Waals surface area contributed by atoms with E-state index in [0.29, 0.717) is 17.0 Å². The van der Waals surface area contributed by atoms with Gasteiger partial charge >= 0.3 is 5.97 Å². The molecular weight excluding hydrogens is 338 g/mol. The van der Waals surface area contributed by atoms with Gasteiger partial charge < -0.3 is 4.74 Å². The minimum Gasteiger partial charge on any atom is -0.461 e. The van der Waals surface area contributed by atoms with Crippen LogP contribution in [0.4, 0.5) is 4.79 Å². The second-order valence-corrected chi connectivity index (χ2v) is 6.46. The van der Waals surface area contributed by atoms with Crippen LogP contribution in [0.5, 0.6) is 0 Å². The van der Waals surface area contributed by atoms with Crippen molar-refractivity contribution in [3.63, 3.8) is 0 Å². The van der Waals surface area contributed by atoms with Gasteiger partial charge in [0.05, 0.1) is 11.0 Å². The van der Waals surface area contributed by atoms with Crippen molar-refractivity contribution in [3.8, 4) is 0 Å². The Balaban J connectivity index is 2.09. The fourth-order valence-corrected chi connectivity index (χ4v) is 2.90. The van der Waals surface area contributed by atoms with Crippen molar-refractivity contribution in [3.05, 3.63) is 39.8 Å². The highest BCUT2D eigenvalue weighted by Gasteiger charge is 2.36. The SMILES string of the molecule is CC[C@@H](C)OC(=O)CN1C(=O)S/C(=C/c2cccc(Cl)c2)C1=O. The van der Waals surface area contributed by atoms with E-state index in [4.69, 9.17) is 16.3 Å². The molecule has 0 N–H and O–H groups in total. The van der Waals surface area contributed by atoms with E-state index in [9.17, 15) is 14.4 Å². The van der Waals surface area contributed by atoms with E-state index >= 15 is 0 Å². The van der Waals surface area contributed by atoms with E-state index in [1.807, 2.05) is 6.92 Å². The molecule has 1 atom stereocenters. The van der Waals surface area contributed by atoms with Gasteiger partial charge in [0.15, 0.2) is 0 Å². The molecule has 5 nitrogen and oxygen atoms in total. The molecule has 122 valence electrons. The molecule has 1 aromatic carbocycles. The van der Waals surface area contributed by atoms with Crippen LogP contribution >= 0.6 is 23.4 Å².